The smallest absolute Gasteiger partial charge is 0.315 e. The van der Waals surface area contributed by atoms with Crippen molar-refractivity contribution in [1.29, 1.82) is 0 Å². The number of hydrogen-bond donors (Lipinski definition) is 1. The fourth-order valence-electron chi connectivity index (χ4n) is 2.99. The van der Waals surface area contributed by atoms with Crippen LogP contribution in [-0.2, 0) is 10.0 Å². The van der Waals surface area contributed by atoms with Gasteiger partial charge in [-0.05, 0) is 54.1 Å². The minimum atomic E-state index is -3.94. The number of primary sulfonamides is 1. The van der Waals surface area contributed by atoms with Crippen molar-refractivity contribution in [3.63, 3.8) is 0 Å². The lowest BCUT2D eigenvalue weighted by Crippen LogP contribution is -2.23. The lowest BCUT2D eigenvalue weighted by molar-refractivity contribution is 0.467. The topological polar surface area (TPSA) is 104 Å². The molecular formula is C22H14F3N3O4S. The third-order valence-corrected chi connectivity index (χ3v) is 5.54. The number of nitrogens with zero attached hydrogens (tertiary/aromatic N) is 2. The van der Waals surface area contributed by atoms with Crippen molar-refractivity contribution >= 4 is 10.0 Å². The fourth-order valence-corrected chi connectivity index (χ4v) is 3.50. The summed E-state index contributed by atoms with van der Waals surface area (Å²) >= 11 is 0. The van der Waals surface area contributed by atoms with E-state index in [4.69, 9.17) is 9.88 Å². The quantitative estimate of drug-likeness (QED) is 0.475. The Morgan fingerprint density at radius 1 is 0.879 bits per heavy atom. The third kappa shape index (κ3) is 4.64. The largest absolute Gasteiger partial charge is 0.451 e. The van der Waals surface area contributed by atoms with Gasteiger partial charge in [-0.2, -0.15) is 9.78 Å². The normalized spacial score (nSPS) is 11.4. The molecule has 0 radical (unpaired) electrons. The average Bonchev–Trinajstić information content (AvgIpc) is 2.78. The van der Waals surface area contributed by atoms with Gasteiger partial charge in [0.1, 0.15) is 11.6 Å². The van der Waals surface area contributed by atoms with Gasteiger partial charge in [-0.1, -0.05) is 12.1 Å². The first kappa shape index (κ1) is 22.2. The van der Waals surface area contributed by atoms with Crippen LogP contribution in [0.3, 0.4) is 0 Å². The summed E-state index contributed by atoms with van der Waals surface area (Å²) in [5, 5.41) is 9.13. The molecule has 1 aromatic heterocycles. The number of halogens is 3. The molecule has 0 unspecified atom stereocenters. The number of aromatic nitrogens is 2. The van der Waals surface area contributed by atoms with Crippen LogP contribution in [0.5, 0.6) is 11.5 Å². The van der Waals surface area contributed by atoms with Crippen LogP contribution in [-0.4, -0.2) is 18.2 Å². The molecule has 0 aliphatic rings. The molecule has 4 aromatic rings. The van der Waals surface area contributed by atoms with E-state index in [1.165, 1.54) is 42.6 Å². The van der Waals surface area contributed by atoms with E-state index in [1.54, 1.807) is 0 Å². The first-order valence-corrected chi connectivity index (χ1v) is 10.8. The molecule has 0 atom stereocenters. The highest BCUT2D eigenvalue weighted by Crippen LogP contribution is 2.31. The molecule has 0 amide bonds. The van der Waals surface area contributed by atoms with Crippen LogP contribution in [0.15, 0.2) is 82.6 Å². The molecule has 168 valence electrons. The molecule has 7 nitrogen and oxygen atoms in total. The Balaban J connectivity index is 1.88. The van der Waals surface area contributed by atoms with Crippen LogP contribution in [0.4, 0.5) is 13.2 Å². The maximum atomic E-state index is 13.7. The summed E-state index contributed by atoms with van der Waals surface area (Å²) in [6.45, 7) is 0. The van der Waals surface area contributed by atoms with Gasteiger partial charge < -0.3 is 4.74 Å². The molecule has 11 heteroatoms. The first-order chi connectivity index (χ1) is 15.6. The molecule has 3 aromatic carbocycles. The van der Waals surface area contributed by atoms with Crippen molar-refractivity contribution in [1.82, 2.24) is 9.78 Å². The van der Waals surface area contributed by atoms with Crippen molar-refractivity contribution in [2.75, 3.05) is 0 Å². The molecule has 1 heterocycles. The molecule has 0 aliphatic carbocycles. The maximum absolute atomic E-state index is 13.7. The Morgan fingerprint density at radius 2 is 1.55 bits per heavy atom. The number of nitrogens with two attached hydrogens (primary N) is 1. The van der Waals surface area contributed by atoms with E-state index in [0.717, 1.165) is 35.0 Å². The second kappa shape index (κ2) is 8.52. The van der Waals surface area contributed by atoms with Gasteiger partial charge in [0.05, 0.1) is 22.3 Å². The molecule has 33 heavy (non-hydrogen) atoms. The van der Waals surface area contributed by atoms with Crippen LogP contribution in [0.2, 0.25) is 0 Å². The van der Waals surface area contributed by atoms with Gasteiger partial charge in [-0.15, -0.1) is 0 Å². The summed E-state index contributed by atoms with van der Waals surface area (Å²) in [4.78, 5) is 13.1. The minimum Gasteiger partial charge on any atom is -0.451 e. The van der Waals surface area contributed by atoms with Gasteiger partial charge in [-0.3, -0.25) is 4.79 Å². The number of rotatable bonds is 5. The highest BCUT2D eigenvalue weighted by molar-refractivity contribution is 7.89. The van der Waals surface area contributed by atoms with E-state index in [-0.39, 0.29) is 27.6 Å². The Kier molecular flexibility index (Phi) is 5.75. The highest BCUT2D eigenvalue weighted by atomic mass is 32.2. The van der Waals surface area contributed by atoms with Crippen molar-refractivity contribution in [2.45, 2.75) is 4.90 Å². The van der Waals surface area contributed by atoms with E-state index >= 15 is 0 Å². The summed E-state index contributed by atoms with van der Waals surface area (Å²) in [5.41, 5.74) is -0.344. The van der Waals surface area contributed by atoms with Gasteiger partial charge in [-0.25, -0.2) is 26.7 Å². The minimum absolute atomic E-state index is 0.0565. The number of benzene rings is 3. The van der Waals surface area contributed by atoms with E-state index in [2.05, 4.69) is 5.10 Å². The predicted molar refractivity (Wildman–Crippen MR) is 113 cm³/mol. The van der Waals surface area contributed by atoms with Crippen molar-refractivity contribution in [2.24, 2.45) is 5.14 Å². The molecule has 0 spiro atoms. The zero-order valence-electron chi connectivity index (χ0n) is 16.6. The molecule has 4 rings (SSSR count). The Morgan fingerprint density at radius 3 is 2.15 bits per heavy atom. The van der Waals surface area contributed by atoms with Gasteiger partial charge in [0.2, 0.25) is 15.8 Å². The Hall–Kier alpha value is -3.96. The molecule has 2 N–H and O–H groups in total. The fraction of sp³-hybridized carbons (Fsp3) is 0. The summed E-state index contributed by atoms with van der Waals surface area (Å²) in [5.74, 6) is -2.93. The molecular weight excluding hydrogens is 459 g/mol. The van der Waals surface area contributed by atoms with E-state index in [1.807, 2.05) is 0 Å². The third-order valence-electron chi connectivity index (χ3n) is 4.61. The van der Waals surface area contributed by atoms with Crippen molar-refractivity contribution < 1.29 is 26.3 Å². The molecule has 0 saturated heterocycles. The maximum Gasteiger partial charge on any atom is 0.315 e. The Labute approximate surface area is 185 Å². The predicted octanol–water partition coefficient (Wildman–Crippen LogP) is 3.76. The Bertz CT molecular complexity index is 1500. The number of ether oxygens (including phenoxy) is 1. The summed E-state index contributed by atoms with van der Waals surface area (Å²) < 4.78 is 69.9. The van der Waals surface area contributed by atoms with Crippen LogP contribution in [0.25, 0.3) is 16.8 Å². The summed E-state index contributed by atoms with van der Waals surface area (Å²) in [6, 6.07) is 12.9. The zero-order valence-corrected chi connectivity index (χ0v) is 17.4. The lowest BCUT2D eigenvalue weighted by atomic mass is 10.1. The average molecular weight is 473 g/mol. The van der Waals surface area contributed by atoms with Crippen molar-refractivity contribution in [3.8, 4) is 28.3 Å². The van der Waals surface area contributed by atoms with Crippen LogP contribution in [0.1, 0.15) is 0 Å². The van der Waals surface area contributed by atoms with Gasteiger partial charge in [0, 0.05) is 6.07 Å². The molecule has 0 saturated carbocycles. The summed E-state index contributed by atoms with van der Waals surface area (Å²) in [6.07, 6.45) is 1.24. The number of hydrogen-bond acceptors (Lipinski definition) is 5. The number of sulfonamides is 1. The molecule has 0 aliphatic heterocycles. The SMILES string of the molecule is NS(=O)(=O)c1ccc(-c2cnn(-c3ccc(F)c(F)c3)c(=O)c2Oc2ccc(F)cc2)cc1. The standard InChI is InChI=1S/C22H14F3N3O4S/c23-14-3-6-16(7-4-14)32-21-18(13-1-8-17(9-2-13)33(26,30)31)12-27-28(22(21)29)15-5-10-19(24)20(25)11-15/h1-12H,(H2,26,30,31). The highest BCUT2D eigenvalue weighted by Gasteiger charge is 2.18. The zero-order chi connectivity index (χ0) is 23.8. The van der Waals surface area contributed by atoms with Crippen LogP contribution in [0, 0.1) is 17.5 Å². The second-order valence-electron chi connectivity index (χ2n) is 6.83. The monoisotopic (exact) mass is 473 g/mol. The molecule has 0 bridgehead atoms. The second-order valence-corrected chi connectivity index (χ2v) is 8.39. The van der Waals surface area contributed by atoms with Crippen molar-refractivity contribution in [3.05, 3.63) is 101 Å². The van der Waals surface area contributed by atoms with Gasteiger partial charge in [0.25, 0.3) is 0 Å². The van der Waals surface area contributed by atoms with E-state index < -0.39 is 33.0 Å². The first-order valence-electron chi connectivity index (χ1n) is 9.28. The van der Waals surface area contributed by atoms with E-state index in [0.29, 0.717) is 5.56 Å². The van der Waals surface area contributed by atoms with Gasteiger partial charge >= 0.3 is 5.56 Å². The van der Waals surface area contributed by atoms with E-state index in [9.17, 15) is 26.4 Å². The lowest BCUT2D eigenvalue weighted by Gasteiger charge is -2.14. The molecule has 0 fully saturated rings. The van der Waals surface area contributed by atoms with Crippen LogP contribution < -0.4 is 15.4 Å². The summed E-state index contributed by atoms with van der Waals surface area (Å²) in [7, 11) is -3.94. The van der Waals surface area contributed by atoms with Gasteiger partial charge in [0.15, 0.2) is 11.6 Å². The van der Waals surface area contributed by atoms with Crippen LogP contribution >= 0.6 is 0 Å².